The Morgan fingerprint density at radius 3 is 2.37 bits per heavy atom. The average molecular weight is 375 g/mol. The molecule has 0 aromatic heterocycles. The molecular formula is C14H18INO3. The standard InChI is InChI=1S/C14H18INO3/c1-4-9(2)12(14(18)19-3)16-13(17)10-5-7-11(15)8-6-10/h5-9,12H,4H2,1-3H3,(H,16,17). The quantitative estimate of drug-likeness (QED) is 0.636. The molecule has 1 amide bonds. The molecule has 0 spiro atoms. The maximum Gasteiger partial charge on any atom is 0.328 e. The highest BCUT2D eigenvalue weighted by atomic mass is 127. The van der Waals surface area contributed by atoms with Gasteiger partial charge in [0, 0.05) is 9.13 Å². The predicted octanol–water partition coefficient (Wildman–Crippen LogP) is 2.61. The molecule has 1 rings (SSSR count). The van der Waals surface area contributed by atoms with Crippen molar-refractivity contribution in [1.29, 1.82) is 0 Å². The molecule has 0 aliphatic rings. The number of benzene rings is 1. The number of amides is 1. The van der Waals surface area contributed by atoms with Crippen LogP contribution in [0.25, 0.3) is 0 Å². The van der Waals surface area contributed by atoms with E-state index in [1.165, 1.54) is 7.11 Å². The van der Waals surface area contributed by atoms with Crippen molar-refractivity contribution >= 4 is 34.5 Å². The van der Waals surface area contributed by atoms with Crippen LogP contribution in [0.1, 0.15) is 30.6 Å². The van der Waals surface area contributed by atoms with Crippen molar-refractivity contribution in [3.8, 4) is 0 Å². The summed E-state index contributed by atoms with van der Waals surface area (Å²) in [6.07, 6.45) is 0.784. The molecule has 1 aromatic carbocycles. The summed E-state index contributed by atoms with van der Waals surface area (Å²) in [6.45, 7) is 3.88. The van der Waals surface area contributed by atoms with Gasteiger partial charge in [-0.05, 0) is 52.8 Å². The van der Waals surface area contributed by atoms with Gasteiger partial charge in [0.1, 0.15) is 6.04 Å². The van der Waals surface area contributed by atoms with Crippen LogP contribution in [0.15, 0.2) is 24.3 Å². The Labute approximate surface area is 127 Å². The molecule has 0 aliphatic heterocycles. The van der Waals surface area contributed by atoms with E-state index in [4.69, 9.17) is 4.74 Å². The van der Waals surface area contributed by atoms with Crippen molar-refractivity contribution in [2.45, 2.75) is 26.3 Å². The van der Waals surface area contributed by atoms with E-state index in [0.717, 1.165) is 9.99 Å². The fourth-order valence-electron chi connectivity index (χ4n) is 1.62. The van der Waals surface area contributed by atoms with Crippen LogP contribution in [0.3, 0.4) is 0 Å². The first kappa shape index (κ1) is 15.9. The van der Waals surface area contributed by atoms with Crippen molar-refractivity contribution in [2.75, 3.05) is 7.11 Å². The number of hydrogen-bond acceptors (Lipinski definition) is 3. The number of hydrogen-bond donors (Lipinski definition) is 1. The summed E-state index contributed by atoms with van der Waals surface area (Å²) in [5.41, 5.74) is 0.539. The average Bonchev–Trinajstić information content (AvgIpc) is 2.43. The third-order valence-corrected chi connectivity index (χ3v) is 3.78. The second kappa shape index (κ2) is 7.47. The number of esters is 1. The van der Waals surface area contributed by atoms with E-state index < -0.39 is 12.0 Å². The zero-order valence-corrected chi connectivity index (χ0v) is 13.4. The number of carbonyl (C=O) groups is 2. The Morgan fingerprint density at radius 2 is 1.89 bits per heavy atom. The molecule has 0 saturated carbocycles. The number of rotatable bonds is 5. The second-order valence-corrected chi connectivity index (χ2v) is 5.61. The minimum Gasteiger partial charge on any atom is -0.467 e. The summed E-state index contributed by atoms with van der Waals surface area (Å²) in [5, 5.41) is 2.74. The Kier molecular flexibility index (Phi) is 6.27. The molecule has 0 fully saturated rings. The molecule has 104 valence electrons. The van der Waals surface area contributed by atoms with Crippen LogP contribution in [-0.2, 0) is 9.53 Å². The van der Waals surface area contributed by atoms with Gasteiger partial charge in [0.05, 0.1) is 7.11 Å². The molecule has 0 radical (unpaired) electrons. The first-order valence-corrected chi connectivity index (χ1v) is 7.21. The van der Waals surface area contributed by atoms with Gasteiger partial charge in [-0.1, -0.05) is 20.3 Å². The highest BCUT2D eigenvalue weighted by Gasteiger charge is 2.26. The van der Waals surface area contributed by atoms with Crippen LogP contribution in [0.4, 0.5) is 0 Å². The number of ether oxygens (including phenoxy) is 1. The molecule has 0 bridgehead atoms. The lowest BCUT2D eigenvalue weighted by molar-refractivity contribution is -0.144. The Hall–Kier alpha value is -1.11. The smallest absolute Gasteiger partial charge is 0.328 e. The van der Waals surface area contributed by atoms with E-state index in [0.29, 0.717) is 5.56 Å². The van der Waals surface area contributed by atoms with Gasteiger partial charge in [-0.2, -0.15) is 0 Å². The van der Waals surface area contributed by atoms with Gasteiger partial charge in [0.15, 0.2) is 0 Å². The van der Waals surface area contributed by atoms with Crippen molar-refractivity contribution in [2.24, 2.45) is 5.92 Å². The monoisotopic (exact) mass is 375 g/mol. The Bertz CT molecular complexity index is 445. The van der Waals surface area contributed by atoms with Crippen molar-refractivity contribution in [3.63, 3.8) is 0 Å². The maximum atomic E-state index is 12.1. The largest absolute Gasteiger partial charge is 0.467 e. The van der Waals surface area contributed by atoms with E-state index in [1.54, 1.807) is 12.1 Å². The first-order valence-electron chi connectivity index (χ1n) is 6.13. The Morgan fingerprint density at radius 1 is 1.32 bits per heavy atom. The lowest BCUT2D eigenvalue weighted by Crippen LogP contribution is -2.45. The topological polar surface area (TPSA) is 55.4 Å². The van der Waals surface area contributed by atoms with Gasteiger partial charge in [-0.25, -0.2) is 4.79 Å². The van der Waals surface area contributed by atoms with Gasteiger partial charge >= 0.3 is 5.97 Å². The van der Waals surface area contributed by atoms with Gasteiger partial charge < -0.3 is 10.1 Å². The first-order chi connectivity index (χ1) is 8.99. The minimum atomic E-state index is -0.609. The summed E-state index contributed by atoms with van der Waals surface area (Å²) in [7, 11) is 1.33. The van der Waals surface area contributed by atoms with Crippen LogP contribution in [0, 0.1) is 9.49 Å². The normalized spacial score (nSPS) is 13.5. The fourth-order valence-corrected chi connectivity index (χ4v) is 1.98. The highest BCUT2D eigenvalue weighted by molar-refractivity contribution is 14.1. The van der Waals surface area contributed by atoms with Crippen LogP contribution in [0.5, 0.6) is 0 Å². The van der Waals surface area contributed by atoms with Crippen LogP contribution in [0.2, 0.25) is 0 Å². The third-order valence-electron chi connectivity index (χ3n) is 3.06. The molecule has 0 heterocycles. The molecule has 4 nitrogen and oxygen atoms in total. The molecule has 1 aromatic rings. The third kappa shape index (κ3) is 4.49. The predicted molar refractivity (Wildman–Crippen MR) is 81.9 cm³/mol. The van der Waals surface area contributed by atoms with E-state index >= 15 is 0 Å². The fraction of sp³-hybridized carbons (Fsp3) is 0.429. The summed E-state index contributed by atoms with van der Waals surface area (Å²) in [5.74, 6) is -0.638. The van der Waals surface area contributed by atoms with Crippen LogP contribution in [-0.4, -0.2) is 25.0 Å². The molecule has 0 saturated heterocycles. The summed E-state index contributed by atoms with van der Waals surface area (Å²) in [6, 6.07) is 6.57. The van der Waals surface area contributed by atoms with Gasteiger partial charge in [0.25, 0.3) is 5.91 Å². The number of methoxy groups -OCH3 is 1. The molecule has 1 N–H and O–H groups in total. The number of nitrogens with one attached hydrogen (secondary N) is 1. The van der Waals surface area contributed by atoms with Crippen molar-refractivity contribution in [3.05, 3.63) is 33.4 Å². The molecule has 19 heavy (non-hydrogen) atoms. The number of carbonyl (C=O) groups excluding carboxylic acids is 2. The lowest BCUT2D eigenvalue weighted by atomic mass is 9.99. The minimum absolute atomic E-state index is 0.0280. The van der Waals surface area contributed by atoms with E-state index in [2.05, 4.69) is 27.9 Å². The van der Waals surface area contributed by atoms with Crippen molar-refractivity contribution in [1.82, 2.24) is 5.32 Å². The Balaban J connectivity index is 2.81. The van der Waals surface area contributed by atoms with E-state index in [1.807, 2.05) is 26.0 Å². The number of halogens is 1. The molecular weight excluding hydrogens is 357 g/mol. The molecule has 2 atom stereocenters. The zero-order valence-electron chi connectivity index (χ0n) is 11.3. The molecule has 2 unspecified atom stereocenters. The van der Waals surface area contributed by atoms with E-state index in [9.17, 15) is 9.59 Å². The van der Waals surface area contributed by atoms with Gasteiger partial charge in [-0.3, -0.25) is 4.79 Å². The second-order valence-electron chi connectivity index (χ2n) is 4.37. The van der Waals surface area contributed by atoms with Crippen LogP contribution < -0.4 is 5.32 Å². The van der Waals surface area contributed by atoms with E-state index in [-0.39, 0.29) is 11.8 Å². The summed E-state index contributed by atoms with van der Waals surface area (Å²) >= 11 is 2.17. The summed E-state index contributed by atoms with van der Waals surface area (Å²) < 4.78 is 5.79. The molecule has 5 heteroatoms. The highest BCUT2D eigenvalue weighted by Crippen LogP contribution is 2.11. The summed E-state index contributed by atoms with van der Waals surface area (Å²) in [4.78, 5) is 23.8. The zero-order chi connectivity index (χ0) is 14.4. The maximum absolute atomic E-state index is 12.1. The lowest BCUT2D eigenvalue weighted by Gasteiger charge is -2.21. The SMILES string of the molecule is CCC(C)C(NC(=O)c1ccc(I)cc1)C(=O)OC. The van der Waals surface area contributed by atoms with Crippen molar-refractivity contribution < 1.29 is 14.3 Å². The van der Waals surface area contributed by atoms with Gasteiger partial charge in [-0.15, -0.1) is 0 Å². The molecule has 0 aliphatic carbocycles. The van der Waals surface area contributed by atoms with Gasteiger partial charge in [0.2, 0.25) is 0 Å². The van der Waals surface area contributed by atoms with Crippen LogP contribution >= 0.6 is 22.6 Å².